The minimum Gasteiger partial charge on any atom is -0.303 e. The van der Waals surface area contributed by atoms with Crippen LogP contribution in [0.5, 0.6) is 0 Å². The van der Waals surface area contributed by atoms with E-state index < -0.39 is 10.0 Å². The van der Waals surface area contributed by atoms with Crippen molar-refractivity contribution in [2.45, 2.75) is 25.7 Å². The van der Waals surface area contributed by atoms with Crippen molar-refractivity contribution >= 4 is 16.3 Å². The zero-order valence-electron chi connectivity index (χ0n) is 8.76. The van der Waals surface area contributed by atoms with Crippen LogP contribution < -0.4 is 0 Å². The van der Waals surface area contributed by atoms with E-state index >= 15 is 0 Å². The van der Waals surface area contributed by atoms with Gasteiger partial charge < -0.3 is 4.79 Å². The Morgan fingerprint density at radius 2 is 2.00 bits per heavy atom. The number of sulfonamides is 1. The highest BCUT2D eigenvalue weighted by Gasteiger charge is 2.34. The number of hydrogen-bond donors (Lipinski definition) is 0. The van der Waals surface area contributed by atoms with Gasteiger partial charge in [-0.15, -0.1) is 0 Å². The number of aldehydes is 1. The average Bonchev–Trinajstić information content (AvgIpc) is 3.01. The summed E-state index contributed by atoms with van der Waals surface area (Å²) in [5.41, 5.74) is 0. The Labute approximate surface area is 90.7 Å². The Morgan fingerprint density at radius 3 is 2.60 bits per heavy atom. The van der Waals surface area contributed by atoms with Crippen LogP contribution in [0.4, 0.5) is 0 Å². The molecule has 4 nitrogen and oxygen atoms in total. The molecule has 2 fully saturated rings. The first-order chi connectivity index (χ1) is 7.12. The Hall–Kier alpha value is -0.420. The maximum atomic E-state index is 11.9. The summed E-state index contributed by atoms with van der Waals surface area (Å²) >= 11 is 0. The van der Waals surface area contributed by atoms with Gasteiger partial charge in [-0.2, -0.15) is 0 Å². The molecule has 0 amide bonds. The maximum absolute atomic E-state index is 11.9. The van der Waals surface area contributed by atoms with Gasteiger partial charge in [0.05, 0.1) is 5.75 Å². The molecule has 0 aromatic carbocycles. The van der Waals surface area contributed by atoms with E-state index in [0.717, 1.165) is 32.0 Å². The third-order valence-corrected chi connectivity index (χ3v) is 5.16. The van der Waals surface area contributed by atoms with Crippen molar-refractivity contribution < 1.29 is 13.2 Å². The zero-order chi connectivity index (χ0) is 10.9. The highest BCUT2D eigenvalue weighted by molar-refractivity contribution is 7.89. The molecule has 1 atom stereocenters. The summed E-state index contributed by atoms with van der Waals surface area (Å²) in [7, 11) is -3.09. The van der Waals surface area contributed by atoms with Crippen molar-refractivity contribution in [1.29, 1.82) is 0 Å². The van der Waals surface area contributed by atoms with Gasteiger partial charge in [0.1, 0.15) is 6.29 Å². The van der Waals surface area contributed by atoms with Crippen LogP contribution in [0.15, 0.2) is 0 Å². The molecule has 0 N–H and O–H groups in total. The molecule has 5 heteroatoms. The van der Waals surface area contributed by atoms with Crippen LogP contribution in [0.2, 0.25) is 0 Å². The highest BCUT2D eigenvalue weighted by Crippen LogP contribution is 2.32. The second-order valence-electron chi connectivity index (χ2n) is 4.62. The van der Waals surface area contributed by atoms with Gasteiger partial charge >= 0.3 is 0 Å². The molecule has 1 heterocycles. The fourth-order valence-electron chi connectivity index (χ4n) is 2.03. The van der Waals surface area contributed by atoms with E-state index in [0.29, 0.717) is 24.8 Å². The van der Waals surface area contributed by atoms with E-state index in [9.17, 15) is 13.2 Å². The molecule has 1 saturated carbocycles. The predicted molar refractivity (Wildman–Crippen MR) is 56.9 cm³/mol. The number of nitrogens with zero attached hydrogens (tertiary/aromatic N) is 1. The summed E-state index contributed by atoms with van der Waals surface area (Å²) in [4.78, 5) is 10.6. The third-order valence-electron chi connectivity index (χ3n) is 3.15. The van der Waals surface area contributed by atoms with Crippen molar-refractivity contribution in [3.8, 4) is 0 Å². The molecular formula is C10H17NO3S. The van der Waals surface area contributed by atoms with Crippen LogP contribution in [0, 0.1) is 11.8 Å². The fraction of sp³-hybridized carbons (Fsp3) is 0.900. The molecule has 2 rings (SSSR count). The second-order valence-corrected chi connectivity index (χ2v) is 6.63. The van der Waals surface area contributed by atoms with Crippen molar-refractivity contribution in [3.63, 3.8) is 0 Å². The van der Waals surface area contributed by atoms with Crippen molar-refractivity contribution in [3.05, 3.63) is 0 Å². The first-order valence-corrected chi connectivity index (χ1v) is 7.16. The fourth-order valence-corrected chi connectivity index (χ4v) is 3.99. The minimum absolute atomic E-state index is 0.0901. The molecule has 2 aliphatic rings. The Kier molecular flexibility index (Phi) is 3.11. The van der Waals surface area contributed by atoms with Crippen LogP contribution in [-0.2, 0) is 14.8 Å². The summed E-state index contributed by atoms with van der Waals surface area (Å²) in [5, 5.41) is 0. The first kappa shape index (κ1) is 11.1. The number of hydrogen-bond acceptors (Lipinski definition) is 3. The molecule has 0 bridgehead atoms. The first-order valence-electron chi connectivity index (χ1n) is 5.55. The summed E-state index contributed by atoms with van der Waals surface area (Å²) < 4.78 is 25.3. The molecule has 0 radical (unpaired) electrons. The lowest BCUT2D eigenvalue weighted by atomic mass is 10.0. The topological polar surface area (TPSA) is 54.5 Å². The van der Waals surface area contributed by atoms with E-state index in [4.69, 9.17) is 0 Å². The molecule has 0 aromatic heterocycles. The van der Waals surface area contributed by atoms with Crippen molar-refractivity contribution in [2.24, 2.45) is 11.8 Å². The van der Waals surface area contributed by atoms with Crippen LogP contribution in [-0.4, -0.2) is 37.9 Å². The normalized spacial score (nSPS) is 28.9. The molecule has 1 saturated heterocycles. The van der Waals surface area contributed by atoms with Gasteiger partial charge in [-0.25, -0.2) is 12.7 Å². The lowest BCUT2D eigenvalue weighted by molar-refractivity contribution is -0.112. The highest BCUT2D eigenvalue weighted by atomic mass is 32.2. The van der Waals surface area contributed by atoms with Crippen LogP contribution >= 0.6 is 0 Å². The summed E-state index contributed by atoms with van der Waals surface area (Å²) in [6, 6.07) is 0. The molecule has 0 aromatic rings. The summed E-state index contributed by atoms with van der Waals surface area (Å²) in [6.45, 7) is 0.998. The number of piperidine rings is 1. The van der Waals surface area contributed by atoms with E-state index in [2.05, 4.69) is 0 Å². The molecular weight excluding hydrogens is 214 g/mol. The predicted octanol–water partition coefficient (Wildman–Crippen LogP) is 0.637. The second kappa shape index (κ2) is 4.22. The van der Waals surface area contributed by atoms with Gasteiger partial charge in [0.2, 0.25) is 10.0 Å². The van der Waals surface area contributed by atoms with Crippen LogP contribution in [0.3, 0.4) is 0 Å². The molecule has 15 heavy (non-hydrogen) atoms. The number of carbonyl (C=O) groups is 1. The smallest absolute Gasteiger partial charge is 0.214 e. The lowest BCUT2D eigenvalue weighted by Crippen LogP contribution is -2.41. The number of rotatable bonds is 4. The molecule has 1 aliphatic heterocycles. The van der Waals surface area contributed by atoms with E-state index in [1.165, 1.54) is 4.31 Å². The van der Waals surface area contributed by atoms with Gasteiger partial charge in [0.15, 0.2) is 0 Å². The molecule has 1 unspecified atom stereocenters. The van der Waals surface area contributed by atoms with Crippen molar-refractivity contribution in [2.75, 3.05) is 18.8 Å². The average molecular weight is 231 g/mol. The van der Waals surface area contributed by atoms with E-state index in [1.54, 1.807) is 0 Å². The van der Waals surface area contributed by atoms with Crippen molar-refractivity contribution in [1.82, 2.24) is 4.31 Å². The lowest BCUT2D eigenvalue weighted by Gasteiger charge is -2.29. The molecule has 86 valence electrons. The summed E-state index contributed by atoms with van der Waals surface area (Å²) in [6.07, 6.45) is 4.62. The van der Waals surface area contributed by atoms with E-state index in [1.807, 2.05) is 0 Å². The van der Waals surface area contributed by atoms with E-state index in [-0.39, 0.29) is 5.92 Å². The van der Waals surface area contributed by atoms with Gasteiger partial charge in [-0.1, -0.05) is 0 Å². The van der Waals surface area contributed by atoms with Gasteiger partial charge in [-0.3, -0.25) is 0 Å². The monoisotopic (exact) mass is 231 g/mol. The molecule has 0 spiro atoms. The SMILES string of the molecule is O=CC1CCCN(S(=O)(=O)CC2CC2)C1. The zero-order valence-corrected chi connectivity index (χ0v) is 9.58. The van der Waals surface area contributed by atoms with Crippen LogP contribution in [0.25, 0.3) is 0 Å². The minimum atomic E-state index is -3.09. The quantitative estimate of drug-likeness (QED) is 0.667. The number of carbonyl (C=O) groups excluding carboxylic acids is 1. The van der Waals surface area contributed by atoms with Crippen LogP contribution in [0.1, 0.15) is 25.7 Å². The van der Waals surface area contributed by atoms with Gasteiger partial charge in [0, 0.05) is 19.0 Å². The Bertz CT molecular complexity index is 335. The Balaban J connectivity index is 1.98. The third kappa shape index (κ3) is 2.78. The molecule has 1 aliphatic carbocycles. The standard InChI is InChI=1S/C10H17NO3S/c12-7-10-2-1-5-11(6-10)15(13,14)8-9-3-4-9/h7,9-10H,1-6,8H2. The van der Waals surface area contributed by atoms with Gasteiger partial charge in [-0.05, 0) is 31.6 Å². The largest absolute Gasteiger partial charge is 0.303 e. The van der Waals surface area contributed by atoms with Gasteiger partial charge in [0.25, 0.3) is 0 Å². The maximum Gasteiger partial charge on any atom is 0.214 e. The Morgan fingerprint density at radius 1 is 1.27 bits per heavy atom. The summed E-state index contributed by atoms with van der Waals surface area (Å²) in [5.74, 6) is 0.581.